The first-order valence-electron chi connectivity index (χ1n) is 18.5. The molecule has 0 saturated carbocycles. The number of furan rings is 2. The van der Waals surface area contributed by atoms with Gasteiger partial charge in [0.05, 0.1) is 56.1 Å². The molecule has 0 bridgehead atoms. The molecule has 258 valence electrons. The van der Waals surface area contributed by atoms with Crippen molar-refractivity contribution in [2.24, 2.45) is 0 Å². The molecule has 0 fully saturated rings. The van der Waals surface area contributed by atoms with Gasteiger partial charge >= 0.3 is 0 Å². The summed E-state index contributed by atoms with van der Waals surface area (Å²) in [7, 11) is 0. The molecule has 12 aromatic rings. The average Bonchev–Trinajstić information content (AvgIpc) is 4.00. The van der Waals surface area contributed by atoms with Gasteiger partial charge in [0.15, 0.2) is 0 Å². The third kappa shape index (κ3) is 4.07. The van der Waals surface area contributed by atoms with E-state index in [9.17, 15) is 10.5 Å². The predicted octanol–water partition coefficient (Wildman–Crippen LogP) is 13.1. The lowest BCUT2D eigenvalue weighted by Crippen LogP contribution is -1.98. The van der Waals surface area contributed by atoms with Crippen molar-refractivity contribution in [3.05, 3.63) is 169 Å². The topological polar surface area (TPSA) is 83.7 Å². The summed E-state index contributed by atoms with van der Waals surface area (Å²) in [5.74, 6) is 0. The van der Waals surface area contributed by atoms with E-state index < -0.39 is 0 Å². The van der Waals surface area contributed by atoms with Crippen molar-refractivity contribution in [3.63, 3.8) is 0 Å². The van der Waals surface area contributed by atoms with Crippen LogP contribution in [0, 0.1) is 22.7 Å². The van der Waals surface area contributed by atoms with Gasteiger partial charge in [-0.05, 0) is 90.0 Å². The minimum Gasteiger partial charge on any atom is -0.456 e. The summed E-state index contributed by atoms with van der Waals surface area (Å²) in [5.41, 5.74) is 11.6. The van der Waals surface area contributed by atoms with Gasteiger partial charge < -0.3 is 18.0 Å². The molecule has 6 heteroatoms. The molecule has 0 N–H and O–H groups in total. The first kappa shape index (κ1) is 30.4. The summed E-state index contributed by atoms with van der Waals surface area (Å²) >= 11 is 0. The second-order valence-corrected chi connectivity index (χ2v) is 14.3. The van der Waals surface area contributed by atoms with E-state index in [2.05, 4.69) is 100 Å². The van der Waals surface area contributed by atoms with Crippen molar-refractivity contribution in [2.45, 2.75) is 0 Å². The van der Waals surface area contributed by atoms with Crippen LogP contribution in [0.25, 0.3) is 110 Å². The molecule has 12 rings (SSSR count). The van der Waals surface area contributed by atoms with Crippen molar-refractivity contribution in [1.82, 2.24) is 9.13 Å². The van der Waals surface area contributed by atoms with Crippen LogP contribution in [0.4, 0.5) is 0 Å². The van der Waals surface area contributed by atoms with Crippen LogP contribution in [0.2, 0.25) is 0 Å². The standard InChI is InChI=1S/C50H26N4O2/c51-27-29-23-30(25-33(24-29)54-42-14-6-2-10-36(42)38-20-22-46-48(50(38)54)40-12-4-8-16-44(40)56-46)34-18-17-32(26-31(34)28-52)53-41-13-5-1-9-35(41)37-19-21-45-47(49(37)53)39-11-3-7-15-43(39)55-45/h1-26H. The van der Waals surface area contributed by atoms with Crippen molar-refractivity contribution in [2.75, 3.05) is 0 Å². The third-order valence-corrected chi connectivity index (χ3v) is 11.3. The maximum absolute atomic E-state index is 10.8. The number of aromatic nitrogens is 2. The number of nitrogens with zero attached hydrogens (tertiary/aromatic N) is 4. The number of hydrogen-bond donors (Lipinski definition) is 0. The summed E-state index contributed by atoms with van der Waals surface area (Å²) in [6.07, 6.45) is 0. The van der Waals surface area contributed by atoms with Crippen LogP contribution < -0.4 is 0 Å². The van der Waals surface area contributed by atoms with Gasteiger partial charge in [0, 0.05) is 43.7 Å². The van der Waals surface area contributed by atoms with E-state index in [0.29, 0.717) is 11.1 Å². The first-order chi connectivity index (χ1) is 27.7. The average molecular weight is 715 g/mol. The smallest absolute Gasteiger partial charge is 0.137 e. The van der Waals surface area contributed by atoms with Crippen LogP contribution in [0.5, 0.6) is 0 Å². The SMILES string of the molecule is N#Cc1cc(-c2ccc(-n3c4ccccc4c4ccc5oc6ccccc6c5c43)cc2C#N)cc(-n2c3ccccc3c3ccc4oc5ccccc5c4c32)c1. The van der Waals surface area contributed by atoms with E-state index in [0.717, 1.165) is 110 Å². The summed E-state index contributed by atoms with van der Waals surface area (Å²) in [6.45, 7) is 0. The Morgan fingerprint density at radius 3 is 1.52 bits per heavy atom. The highest BCUT2D eigenvalue weighted by atomic mass is 16.3. The molecule has 0 atom stereocenters. The van der Waals surface area contributed by atoms with E-state index >= 15 is 0 Å². The predicted molar refractivity (Wildman–Crippen MR) is 225 cm³/mol. The summed E-state index contributed by atoms with van der Waals surface area (Å²) in [5, 5.41) is 29.8. The van der Waals surface area contributed by atoms with Gasteiger partial charge in [-0.1, -0.05) is 78.9 Å². The first-order valence-corrected chi connectivity index (χ1v) is 18.5. The fraction of sp³-hybridized carbons (Fsp3) is 0. The second-order valence-electron chi connectivity index (χ2n) is 14.3. The summed E-state index contributed by atoms with van der Waals surface area (Å²) in [4.78, 5) is 0. The lowest BCUT2D eigenvalue weighted by Gasteiger charge is -2.14. The van der Waals surface area contributed by atoms with E-state index in [1.165, 1.54) is 0 Å². The fourth-order valence-electron chi connectivity index (χ4n) is 9.04. The quantitative estimate of drug-likeness (QED) is 0.182. The fourth-order valence-corrected chi connectivity index (χ4v) is 9.04. The summed E-state index contributed by atoms with van der Waals surface area (Å²) < 4.78 is 17.1. The molecule has 0 spiro atoms. The molecule has 4 heterocycles. The number of fused-ring (bicyclic) bond motifs is 14. The number of benzene rings is 8. The highest BCUT2D eigenvalue weighted by molar-refractivity contribution is 6.26. The lowest BCUT2D eigenvalue weighted by atomic mass is 9.97. The molecule has 0 aliphatic rings. The third-order valence-electron chi connectivity index (χ3n) is 11.3. The Morgan fingerprint density at radius 2 is 0.946 bits per heavy atom. The van der Waals surface area contributed by atoms with Crippen LogP contribution in [0.1, 0.15) is 11.1 Å². The minimum absolute atomic E-state index is 0.497. The molecule has 0 amide bonds. The zero-order valence-corrected chi connectivity index (χ0v) is 29.6. The highest BCUT2D eigenvalue weighted by Crippen LogP contribution is 2.43. The van der Waals surface area contributed by atoms with Gasteiger partial charge in [-0.2, -0.15) is 10.5 Å². The monoisotopic (exact) mass is 714 g/mol. The Bertz CT molecular complexity index is 3750. The van der Waals surface area contributed by atoms with E-state index in [4.69, 9.17) is 8.83 Å². The highest BCUT2D eigenvalue weighted by Gasteiger charge is 2.22. The number of para-hydroxylation sites is 4. The molecule has 4 aromatic heterocycles. The number of rotatable bonds is 3. The van der Waals surface area contributed by atoms with Crippen LogP contribution >= 0.6 is 0 Å². The van der Waals surface area contributed by atoms with Gasteiger partial charge in [-0.15, -0.1) is 0 Å². The number of hydrogen-bond acceptors (Lipinski definition) is 4. The molecular weight excluding hydrogens is 689 g/mol. The van der Waals surface area contributed by atoms with Crippen molar-refractivity contribution >= 4 is 87.5 Å². The lowest BCUT2D eigenvalue weighted by molar-refractivity contribution is 0.669. The van der Waals surface area contributed by atoms with Crippen LogP contribution in [-0.2, 0) is 0 Å². The van der Waals surface area contributed by atoms with Gasteiger partial charge in [-0.3, -0.25) is 0 Å². The Morgan fingerprint density at radius 1 is 0.411 bits per heavy atom. The van der Waals surface area contributed by atoms with Crippen LogP contribution in [0.3, 0.4) is 0 Å². The zero-order chi connectivity index (χ0) is 37.1. The Kier molecular flexibility index (Phi) is 6.10. The van der Waals surface area contributed by atoms with E-state index in [-0.39, 0.29) is 0 Å². The Labute approximate surface area is 318 Å². The molecule has 0 saturated heterocycles. The molecule has 8 aromatic carbocycles. The van der Waals surface area contributed by atoms with Crippen LogP contribution in [-0.4, -0.2) is 9.13 Å². The molecule has 6 nitrogen and oxygen atoms in total. The molecular formula is C50H26N4O2. The maximum Gasteiger partial charge on any atom is 0.137 e. The minimum atomic E-state index is 0.497. The molecule has 56 heavy (non-hydrogen) atoms. The zero-order valence-electron chi connectivity index (χ0n) is 29.6. The molecule has 0 unspecified atom stereocenters. The molecule has 0 radical (unpaired) electrons. The van der Waals surface area contributed by atoms with Crippen molar-refractivity contribution in [1.29, 1.82) is 10.5 Å². The van der Waals surface area contributed by atoms with E-state index in [1.807, 2.05) is 78.9 Å². The maximum atomic E-state index is 10.8. The van der Waals surface area contributed by atoms with Gasteiger partial charge in [0.25, 0.3) is 0 Å². The second kappa shape index (κ2) is 11.2. The van der Waals surface area contributed by atoms with E-state index in [1.54, 1.807) is 0 Å². The Hall–Kier alpha value is -8.06. The molecule has 0 aliphatic heterocycles. The molecule has 0 aliphatic carbocycles. The largest absolute Gasteiger partial charge is 0.456 e. The van der Waals surface area contributed by atoms with Crippen molar-refractivity contribution in [3.8, 4) is 34.6 Å². The summed E-state index contributed by atoms with van der Waals surface area (Å²) in [6, 6.07) is 58.2. The van der Waals surface area contributed by atoms with Gasteiger partial charge in [0.1, 0.15) is 22.3 Å². The Balaban J connectivity index is 1.11. The number of nitriles is 2. The normalized spacial score (nSPS) is 11.9. The van der Waals surface area contributed by atoms with Crippen LogP contribution in [0.15, 0.2) is 167 Å². The van der Waals surface area contributed by atoms with Gasteiger partial charge in [0.2, 0.25) is 0 Å². The van der Waals surface area contributed by atoms with Gasteiger partial charge in [-0.25, -0.2) is 0 Å². The van der Waals surface area contributed by atoms with Crippen molar-refractivity contribution < 1.29 is 8.83 Å².